The molecule has 1 fully saturated rings. The summed E-state index contributed by atoms with van der Waals surface area (Å²) in [6, 6.07) is 2.89. The number of anilines is 1. The van der Waals surface area contributed by atoms with E-state index in [1.54, 1.807) is 6.92 Å². The number of nitrogens with one attached hydrogen (secondary N) is 1. The molecule has 3 N–H and O–H groups in total. The number of benzene rings is 1. The maximum absolute atomic E-state index is 13.9. The molecule has 1 aromatic carbocycles. The number of hydrogen-bond donors (Lipinski definition) is 2. The Hall–Kier alpha value is -1.62. The molecule has 1 unspecified atom stereocenters. The number of hydrogen-bond acceptors (Lipinski definition) is 3. The summed E-state index contributed by atoms with van der Waals surface area (Å²) in [5, 5.41) is 2.75. The molecule has 1 saturated heterocycles. The van der Waals surface area contributed by atoms with Crippen molar-refractivity contribution in [3.63, 3.8) is 0 Å². The van der Waals surface area contributed by atoms with Gasteiger partial charge in [0.15, 0.2) is 0 Å². The number of carbonyl (C=O) groups excluding carboxylic acids is 1. The Morgan fingerprint density at radius 3 is 3.05 bits per heavy atom. The number of halogens is 1. The molecule has 0 spiro atoms. The Morgan fingerprint density at radius 1 is 1.58 bits per heavy atom. The average molecular weight is 266 g/mol. The van der Waals surface area contributed by atoms with Crippen LogP contribution in [0.1, 0.15) is 28.8 Å². The summed E-state index contributed by atoms with van der Waals surface area (Å²) in [4.78, 5) is 12.0. The summed E-state index contributed by atoms with van der Waals surface area (Å²) in [6.45, 7) is 3.54. The minimum Gasteiger partial charge on any atom is -0.399 e. The highest BCUT2D eigenvalue weighted by Crippen LogP contribution is 2.17. The quantitative estimate of drug-likeness (QED) is 0.821. The highest BCUT2D eigenvalue weighted by atomic mass is 19.1. The average Bonchev–Trinajstić information content (AvgIpc) is 2.41. The van der Waals surface area contributed by atoms with Crippen molar-refractivity contribution in [3.05, 3.63) is 29.1 Å². The van der Waals surface area contributed by atoms with E-state index >= 15 is 0 Å². The zero-order chi connectivity index (χ0) is 13.8. The number of carbonyl (C=O) groups is 1. The first-order chi connectivity index (χ1) is 9.08. The number of amides is 1. The lowest BCUT2D eigenvalue weighted by Crippen LogP contribution is -2.33. The Morgan fingerprint density at radius 2 is 2.37 bits per heavy atom. The van der Waals surface area contributed by atoms with Crippen LogP contribution in [0.25, 0.3) is 0 Å². The maximum Gasteiger partial charge on any atom is 0.254 e. The molecule has 1 atom stereocenters. The Kier molecular flexibility index (Phi) is 4.37. The van der Waals surface area contributed by atoms with Gasteiger partial charge in [-0.15, -0.1) is 0 Å². The monoisotopic (exact) mass is 266 g/mol. The van der Waals surface area contributed by atoms with Crippen LogP contribution < -0.4 is 11.1 Å². The smallest absolute Gasteiger partial charge is 0.254 e. The van der Waals surface area contributed by atoms with Crippen LogP contribution in [0.4, 0.5) is 10.1 Å². The first kappa shape index (κ1) is 13.8. The van der Waals surface area contributed by atoms with Crippen LogP contribution in [0.15, 0.2) is 12.1 Å². The van der Waals surface area contributed by atoms with E-state index in [1.807, 2.05) is 0 Å². The van der Waals surface area contributed by atoms with Crippen LogP contribution in [0.2, 0.25) is 0 Å². The molecule has 2 rings (SSSR count). The summed E-state index contributed by atoms with van der Waals surface area (Å²) in [6.07, 6.45) is 2.03. The molecule has 1 heterocycles. The molecule has 1 amide bonds. The molecule has 0 aliphatic carbocycles. The van der Waals surface area contributed by atoms with Crippen LogP contribution in [0, 0.1) is 18.7 Å². The van der Waals surface area contributed by atoms with Gasteiger partial charge in [0.2, 0.25) is 0 Å². The Balaban J connectivity index is 1.99. The molecule has 0 aromatic heterocycles. The highest BCUT2D eigenvalue weighted by Gasteiger charge is 2.18. The van der Waals surface area contributed by atoms with Crippen molar-refractivity contribution in [2.75, 3.05) is 25.5 Å². The van der Waals surface area contributed by atoms with Gasteiger partial charge in [-0.3, -0.25) is 4.79 Å². The van der Waals surface area contributed by atoms with Crippen LogP contribution in [0.5, 0.6) is 0 Å². The zero-order valence-electron chi connectivity index (χ0n) is 11.0. The van der Waals surface area contributed by atoms with Crippen molar-refractivity contribution in [3.8, 4) is 0 Å². The van der Waals surface area contributed by atoms with Gasteiger partial charge in [-0.05, 0) is 43.4 Å². The predicted octanol–water partition coefficient (Wildman–Crippen LogP) is 1.87. The van der Waals surface area contributed by atoms with E-state index in [1.165, 1.54) is 12.1 Å². The number of ether oxygens (including phenoxy) is 1. The largest absolute Gasteiger partial charge is 0.399 e. The van der Waals surface area contributed by atoms with Crippen molar-refractivity contribution in [2.24, 2.45) is 5.92 Å². The lowest BCUT2D eigenvalue weighted by atomic mass is 10.0. The van der Waals surface area contributed by atoms with Crippen LogP contribution in [-0.2, 0) is 4.74 Å². The molecule has 5 heteroatoms. The number of nitrogens with two attached hydrogens (primary N) is 1. The second-order valence-electron chi connectivity index (χ2n) is 4.99. The molecule has 1 aliphatic rings. The third-order valence-corrected chi connectivity index (χ3v) is 3.33. The van der Waals surface area contributed by atoms with Crippen LogP contribution >= 0.6 is 0 Å². The lowest BCUT2D eigenvalue weighted by Gasteiger charge is -2.22. The van der Waals surface area contributed by atoms with Gasteiger partial charge in [-0.2, -0.15) is 0 Å². The van der Waals surface area contributed by atoms with Crippen molar-refractivity contribution < 1.29 is 13.9 Å². The molecular weight excluding hydrogens is 247 g/mol. The second kappa shape index (κ2) is 6.02. The number of nitrogen functional groups attached to an aromatic ring is 1. The predicted molar refractivity (Wildman–Crippen MR) is 71.4 cm³/mol. The first-order valence-corrected chi connectivity index (χ1v) is 6.49. The Bertz CT molecular complexity index is 471. The van der Waals surface area contributed by atoms with Crippen molar-refractivity contribution in [1.82, 2.24) is 5.32 Å². The van der Waals surface area contributed by atoms with E-state index in [4.69, 9.17) is 10.5 Å². The van der Waals surface area contributed by atoms with Gasteiger partial charge in [0.1, 0.15) is 5.82 Å². The lowest BCUT2D eigenvalue weighted by molar-refractivity contribution is 0.0536. The molecule has 0 bridgehead atoms. The maximum atomic E-state index is 13.9. The van der Waals surface area contributed by atoms with Gasteiger partial charge in [0.05, 0.1) is 12.2 Å². The fourth-order valence-electron chi connectivity index (χ4n) is 2.26. The van der Waals surface area contributed by atoms with Gasteiger partial charge in [-0.1, -0.05) is 0 Å². The summed E-state index contributed by atoms with van der Waals surface area (Å²) in [7, 11) is 0. The van der Waals surface area contributed by atoms with E-state index in [0.717, 1.165) is 19.4 Å². The SMILES string of the molecule is Cc1cc(N)cc(C(=O)NCC2CCCOC2)c1F. The fourth-order valence-corrected chi connectivity index (χ4v) is 2.26. The molecule has 1 aromatic rings. The molecular formula is C14H19FN2O2. The van der Waals surface area contributed by atoms with Gasteiger partial charge >= 0.3 is 0 Å². The standard InChI is InChI=1S/C14H19FN2O2/c1-9-5-11(16)6-12(13(9)15)14(18)17-7-10-3-2-4-19-8-10/h5-6,10H,2-4,7-8,16H2,1H3,(H,17,18). The van der Waals surface area contributed by atoms with E-state index in [9.17, 15) is 9.18 Å². The van der Waals surface area contributed by atoms with E-state index in [0.29, 0.717) is 30.3 Å². The minimum atomic E-state index is -0.508. The minimum absolute atomic E-state index is 0.00854. The molecule has 104 valence electrons. The first-order valence-electron chi connectivity index (χ1n) is 6.49. The fraction of sp³-hybridized carbons (Fsp3) is 0.500. The van der Waals surface area contributed by atoms with Gasteiger partial charge < -0.3 is 15.8 Å². The third-order valence-electron chi connectivity index (χ3n) is 3.33. The third kappa shape index (κ3) is 3.44. The normalized spacial score (nSPS) is 19.2. The molecule has 0 radical (unpaired) electrons. The summed E-state index contributed by atoms with van der Waals surface area (Å²) >= 11 is 0. The number of aryl methyl sites for hydroxylation is 1. The van der Waals surface area contributed by atoms with E-state index in [-0.39, 0.29) is 5.56 Å². The van der Waals surface area contributed by atoms with Crippen LogP contribution in [0.3, 0.4) is 0 Å². The van der Waals surface area contributed by atoms with Gasteiger partial charge in [-0.25, -0.2) is 4.39 Å². The van der Waals surface area contributed by atoms with E-state index in [2.05, 4.69) is 5.32 Å². The summed E-state index contributed by atoms with van der Waals surface area (Å²) < 4.78 is 19.2. The van der Waals surface area contributed by atoms with E-state index < -0.39 is 11.7 Å². The second-order valence-corrected chi connectivity index (χ2v) is 4.99. The van der Waals surface area contributed by atoms with Gasteiger partial charge in [0.25, 0.3) is 5.91 Å². The molecule has 1 aliphatic heterocycles. The van der Waals surface area contributed by atoms with Gasteiger partial charge in [0, 0.05) is 18.8 Å². The van der Waals surface area contributed by atoms with Crippen molar-refractivity contribution in [1.29, 1.82) is 0 Å². The molecule has 4 nitrogen and oxygen atoms in total. The number of rotatable bonds is 3. The summed E-state index contributed by atoms with van der Waals surface area (Å²) in [5.41, 5.74) is 6.42. The summed E-state index contributed by atoms with van der Waals surface area (Å²) in [5.74, 6) is -0.618. The van der Waals surface area contributed by atoms with Crippen LogP contribution in [-0.4, -0.2) is 25.7 Å². The molecule has 19 heavy (non-hydrogen) atoms. The zero-order valence-corrected chi connectivity index (χ0v) is 11.0. The topological polar surface area (TPSA) is 64.4 Å². The Labute approximate surface area is 112 Å². The van der Waals surface area contributed by atoms with Crippen molar-refractivity contribution in [2.45, 2.75) is 19.8 Å². The highest BCUT2D eigenvalue weighted by molar-refractivity contribution is 5.95. The van der Waals surface area contributed by atoms with Crippen molar-refractivity contribution >= 4 is 11.6 Å². The molecule has 0 saturated carbocycles.